The number of hydrogen-bond acceptors (Lipinski definition) is 3. The number of aryl methyl sites for hydroxylation is 1. The van der Waals surface area contributed by atoms with Gasteiger partial charge in [-0.1, -0.05) is 44.2 Å². The summed E-state index contributed by atoms with van der Waals surface area (Å²) in [6, 6.07) is 6.61. The van der Waals surface area contributed by atoms with E-state index < -0.39 is 16.1 Å². The van der Waals surface area contributed by atoms with Crippen molar-refractivity contribution >= 4 is 21.6 Å². The monoisotopic (exact) mass is 366 g/mol. The number of hydrogen-bond donors (Lipinski definition) is 1. The van der Waals surface area contributed by atoms with Crippen LogP contribution in [0, 0.1) is 6.92 Å². The summed E-state index contributed by atoms with van der Waals surface area (Å²) in [7, 11) is -3.56. The zero-order chi connectivity index (χ0) is 18.4. The SMILES string of the molecule is Cc1cccc(N([C@@H](C)C(=O)NC2CCCCCCC2)S(C)(=O)=O)c1. The molecule has 1 aromatic rings. The zero-order valence-corrected chi connectivity index (χ0v) is 16.3. The van der Waals surface area contributed by atoms with Crippen LogP contribution in [0.4, 0.5) is 5.69 Å². The van der Waals surface area contributed by atoms with Crippen LogP contribution in [-0.4, -0.2) is 32.7 Å². The third-order valence-corrected chi connectivity index (χ3v) is 6.04. The number of anilines is 1. The van der Waals surface area contributed by atoms with E-state index in [-0.39, 0.29) is 11.9 Å². The first-order valence-electron chi connectivity index (χ1n) is 9.15. The van der Waals surface area contributed by atoms with Crippen molar-refractivity contribution in [1.82, 2.24) is 5.32 Å². The van der Waals surface area contributed by atoms with Gasteiger partial charge < -0.3 is 5.32 Å². The van der Waals surface area contributed by atoms with Crippen molar-refractivity contribution in [3.05, 3.63) is 29.8 Å². The molecule has 1 atom stereocenters. The molecule has 5 nitrogen and oxygen atoms in total. The average molecular weight is 367 g/mol. The molecule has 1 aromatic carbocycles. The second-order valence-electron chi connectivity index (χ2n) is 7.12. The molecule has 0 aliphatic heterocycles. The number of amides is 1. The van der Waals surface area contributed by atoms with Crippen molar-refractivity contribution in [2.75, 3.05) is 10.6 Å². The van der Waals surface area contributed by atoms with Crippen molar-refractivity contribution in [3.8, 4) is 0 Å². The summed E-state index contributed by atoms with van der Waals surface area (Å²) in [5, 5.41) is 3.08. The van der Waals surface area contributed by atoms with E-state index in [0.29, 0.717) is 5.69 Å². The summed E-state index contributed by atoms with van der Waals surface area (Å²) in [5.74, 6) is -0.225. The van der Waals surface area contributed by atoms with Crippen LogP contribution in [0.15, 0.2) is 24.3 Å². The molecule has 0 unspecified atom stereocenters. The van der Waals surface area contributed by atoms with Crippen LogP contribution in [0.1, 0.15) is 57.4 Å². The van der Waals surface area contributed by atoms with Crippen LogP contribution in [0.5, 0.6) is 0 Å². The molecule has 1 fully saturated rings. The molecule has 0 heterocycles. The molecule has 25 heavy (non-hydrogen) atoms. The minimum atomic E-state index is -3.56. The lowest BCUT2D eigenvalue weighted by Crippen LogP contribution is -2.50. The molecule has 0 radical (unpaired) electrons. The van der Waals surface area contributed by atoms with Gasteiger partial charge in [0.2, 0.25) is 15.9 Å². The number of carbonyl (C=O) groups excluding carboxylic acids is 1. The Morgan fingerprint density at radius 3 is 2.32 bits per heavy atom. The van der Waals surface area contributed by atoms with E-state index in [2.05, 4.69) is 5.32 Å². The minimum absolute atomic E-state index is 0.147. The van der Waals surface area contributed by atoms with E-state index in [1.54, 1.807) is 19.1 Å². The van der Waals surface area contributed by atoms with Gasteiger partial charge in [-0.3, -0.25) is 9.10 Å². The Morgan fingerprint density at radius 1 is 1.16 bits per heavy atom. The Balaban J connectivity index is 2.15. The second-order valence-corrected chi connectivity index (χ2v) is 8.98. The van der Waals surface area contributed by atoms with Crippen LogP contribution in [0.25, 0.3) is 0 Å². The highest BCUT2D eigenvalue weighted by Crippen LogP contribution is 2.23. The second kappa shape index (κ2) is 8.70. The van der Waals surface area contributed by atoms with Gasteiger partial charge in [-0.25, -0.2) is 8.42 Å². The number of benzene rings is 1. The maximum absolute atomic E-state index is 12.7. The fourth-order valence-electron chi connectivity index (χ4n) is 3.50. The minimum Gasteiger partial charge on any atom is -0.352 e. The van der Waals surface area contributed by atoms with E-state index in [1.165, 1.54) is 23.6 Å². The molecule has 1 aliphatic carbocycles. The lowest BCUT2D eigenvalue weighted by atomic mass is 9.96. The Morgan fingerprint density at radius 2 is 1.76 bits per heavy atom. The summed E-state index contributed by atoms with van der Waals surface area (Å²) >= 11 is 0. The molecular formula is C19H30N2O3S. The largest absolute Gasteiger partial charge is 0.352 e. The Kier molecular flexibility index (Phi) is 6.87. The molecule has 0 saturated heterocycles. The molecule has 1 saturated carbocycles. The van der Waals surface area contributed by atoms with Crippen molar-refractivity contribution < 1.29 is 13.2 Å². The van der Waals surface area contributed by atoms with E-state index in [1.807, 2.05) is 19.1 Å². The van der Waals surface area contributed by atoms with E-state index in [0.717, 1.165) is 37.5 Å². The third-order valence-electron chi connectivity index (χ3n) is 4.80. The van der Waals surface area contributed by atoms with Crippen molar-refractivity contribution in [3.63, 3.8) is 0 Å². The molecule has 140 valence electrons. The standard InChI is InChI=1S/C19H30N2O3S/c1-15-10-9-13-18(14-15)21(25(3,23)24)16(2)19(22)20-17-11-7-5-4-6-8-12-17/h9-10,13-14,16-17H,4-8,11-12H2,1-3H3,(H,20,22)/t16-/m0/s1. The van der Waals surface area contributed by atoms with E-state index in [4.69, 9.17) is 0 Å². The smallest absolute Gasteiger partial charge is 0.243 e. The van der Waals surface area contributed by atoms with Crippen LogP contribution < -0.4 is 9.62 Å². The molecule has 6 heteroatoms. The maximum Gasteiger partial charge on any atom is 0.243 e. The first-order valence-corrected chi connectivity index (χ1v) is 11.0. The van der Waals surface area contributed by atoms with Gasteiger partial charge in [-0.2, -0.15) is 0 Å². The van der Waals surface area contributed by atoms with Crippen molar-refractivity contribution in [1.29, 1.82) is 0 Å². The van der Waals surface area contributed by atoms with Gasteiger partial charge in [-0.15, -0.1) is 0 Å². The third kappa shape index (κ3) is 5.73. The maximum atomic E-state index is 12.7. The number of nitrogens with zero attached hydrogens (tertiary/aromatic N) is 1. The van der Waals surface area contributed by atoms with E-state index >= 15 is 0 Å². The summed E-state index contributed by atoms with van der Waals surface area (Å²) in [6.45, 7) is 3.56. The predicted molar refractivity (Wildman–Crippen MR) is 102 cm³/mol. The average Bonchev–Trinajstić information content (AvgIpc) is 2.48. The van der Waals surface area contributed by atoms with Gasteiger partial charge in [0.05, 0.1) is 11.9 Å². The summed E-state index contributed by atoms with van der Waals surface area (Å²) < 4.78 is 25.9. The zero-order valence-electron chi connectivity index (χ0n) is 15.5. The van der Waals surface area contributed by atoms with Crippen LogP contribution >= 0.6 is 0 Å². The molecule has 1 aliphatic rings. The molecule has 1 N–H and O–H groups in total. The van der Waals surface area contributed by atoms with Gasteiger partial charge in [0, 0.05) is 6.04 Å². The summed E-state index contributed by atoms with van der Waals surface area (Å²) in [6.07, 6.45) is 9.02. The molecule has 0 spiro atoms. The highest BCUT2D eigenvalue weighted by molar-refractivity contribution is 7.92. The van der Waals surface area contributed by atoms with Crippen molar-refractivity contribution in [2.24, 2.45) is 0 Å². The normalized spacial score (nSPS) is 18.0. The van der Waals surface area contributed by atoms with Gasteiger partial charge in [0.25, 0.3) is 0 Å². The highest BCUT2D eigenvalue weighted by atomic mass is 32.2. The van der Waals surface area contributed by atoms with Gasteiger partial charge >= 0.3 is 0 Å². The first-order chi connectivity index (χ1) is 11.8. The lowest BCUT2D eigenvalue weighted by molar-refractivity contribution is -0.122. The van der Waals surface area contributed by atoms with E-state index in [9.17, 15) is 13.2 Å². The molecule has 1 amide bonds. The fraction of sp³-hybridized carbons (Fsp3) is 0.632. The van der Waals surface area contributed by atoms with Crippen LogP contribution in [0.2, 0.25) is 0 Å². The van der Waals surface area contributed by atoms with Crippen LogP contribution in [-0.2, 0) is 14.8 Å². The first kappa shape index (κ1) is 19.8. The lowest BCUT2D eigenvalue weighted by Gasteiger charge is -2.30. The quantitative estimate of drug-likeness (QED) is 0.869. The Labute approximate surface area is 151 Å². The van der Waals surface area contributed by atoms with Gasteiger partial charge in [-0.05, 0) is 44.4 Å². The van der Waals surface area contributed by atoms with Gasteiger partial charge in [0.15, 0.2) is 0 Å². The molecule has 2 rings (SSSR count). The fourth-order valence-corrected chi connectivity index (χ4v) is 4.66. The topological polar surface area (TPSA) is 66.5 Å². The Bertz CT molecular complexity index is 680. The molecule has 0 aromatic heterocycles. The number of carbonyl (C=O) groups is 1. The van der Waals surface area contributed by atoms with Crippen molar-refractivity contribution in [2.45, 2.75) is 70.9 Å². The van der Waals surface area contributed by atoms with Crippen LogP contribution in [0.3, 0.4) is 0 Å². The summed E-state index contributed by atoms with van der Waals surface area (Å²) in [5.41, 5.74) is 1.49. The van der Waals surface area contributed by atoms with Gasteiger partial charge in [0.1, 0.15) is 6.04 Å². The Hall–Kier alpha value is -1.56. The summed E-state index contributed by atoms with van der Waals surface area (Å²) in [4.78, 5) is 12.7. The molecule has 0 bridgehead atoms. The number of rotatable bonds is 5. The number of nitrogens with one attached hydrogen (secondary N) is 1. The highest BCUT2D eigenvalue weighted by Gasteiger charge is 2.30. The number of sulfonamides is 1. The molecular weight excluding hydrogens is 336 g/mol. The predicted octanol–water partition coefficient (Wildman–Crippen LogP) is 3.38.